The summed E-state index contributed by atoms with van der Waals surface area (Å²) in [5, 5.41) is 0. The van der Waals surface area contributed by atoms with Gasteiger partial charge in [0.1, 0.15) is 0 Å². The van der Waals surface area contributed by atoms with E-state index in [2.05, 4.69) is 6.92 Å². The van der Waals surface area contributed by atoms with E-state index in [1.54, 1.807) is 13.2 Å². The molecule has 0 aliphatic rings. The van der Waals surface area contributed by atoms with Crippen LogP contribution in [0.3, 0.4) is 0 Å². The molecule has 0 heterocycles. The number of aryl methyl sites for hydroxylation is 1. The Morgan fingerprint density at radius 3 is 2.60 bits per heavy atom. The van der Waals surface area contributed by atoms with Gasteiger partial charge in [-0.1, -0.05) is 19.4 Å². The predicted octanol–water partition coefficient (Wildman–Crippen LogP) is 2.57. The van der Waals surface area contributed by atoms with Crippen LogP contribution in [0.15, 0.2) is 18.2 Å². The summed E-state index contributed by atoms with van der Waals surface area (Å²) >= 11 is 0. The minimum atomic E-state index is -0.337. The normalized spacial score (nSPS) is 9.80. The van der Waals surface area contributed by atoms with E-state index in [1.807, 2.05) is 12.1 Å². The van der Waals surface area contributed by atoms with Gasteiger partial charge >= 0.3 is 5.97 Å². The van der Waals surface area contributed by atoms with Crippen LogP contribution in [0.1, 0.15) is 25.8 Å². The average Bonchev–Trinajstić information content (AvgIpc) is 2.20. The van der Waals surface area contributed by atoms with E-state index < -0.39 is 0 Å². The highest BCUT2D eigenvalue weighted by Gasteiger charge is 2.07. The molecule has 1 rings (SSSR count). The van der Waals surface area contributed by atoms with Crippen molar-refractivity contribution in [1.29, 1.82) is 0 Å². The number of benzene rings is 1. The van der Waals surface area contributed by atoms with Crippen LogP contribution in [0.2, 0.25) is 0 Å². The lowest BCUT2D eigenvalue weighted by molar-refractivity contribution is -0.132. The number of hydrogen-bond donors (Lipinski definition) is 0. The Bertz CT molecular complexity index is 345. The summed E-state index contributed by atoms with van der Waals surface area (Å²) in [5.41, 5.74) is 1.19. The maximum atomic E-state index is 10.8. The van der Waals surface area contributed by atoms with Gasteiger partial charge < -0.3 is 9.47 Å². The van der Waals surface area contributed by atoms with Crippen LogP contribution in [-0.4, -0.2) is 13.1 Å². The first kappa shape index (κ1) is 11.6. The second-order valence-electron chi connectivity index (χ2n) is 3.33. The second kappa shape index (κ2) is 5.39. The molecule has 0 amide bonds. The van der Waals surface area contributed by atoms with Gasteiger partial charge in [0, 0.05) is 6.92 Å². The van der Waals surface area contributed by atoms with Crippen molar-refractivity contribution < 1.29 is 14.3 Å². The minimum Gasteiger partial charge on any atom is -0.493 e. The van der Waals surface area contributed by atoms with Crippen molar-refractivity contribution in [2.75, 3.05) is 7.11 Å². The zero-order valence-electron chi connectivity index (χ0n) is 9.37. The van der Waals surface area contributed by atoms with E-state index in [0.29, 0.717) is 11.5 Å². The highest BCUT2D eigenvalue weighted by Crippen LogP contribution is 2.28. The van der Waals surface area contributed by atoms with Gasteiger partial charge in [0.05, 0.1) is 7.11 Å². The molecule has 0 aliphatic heterocycles. The molecular formula is C12H16O3. The zero-order chi connectivity index (χ0) is 11.3. The standard InChI is InChI=1S/C12H16O3/c1-4-5-10-6-7-11(15-9(2)13)12(8-10)14-3/h6-8H,4-5H2,1-3H3. The molecule has 1 aromatic carbocycles. The van der Waals surface area contributed by atoms with Gasteiger partial charge in [-0.25, -0.2) is 0 Å². The Hall–Kier alpha value is -1.51. The second-order valence-corrected chi connectivity index (χ2v) is 3.33. The van der Waals surface area contributed by atoms with Gasteiger partial charge in [0.25, 0.3) is 0 Å². The maximum Gasteiger partial charge on any atom is 0.308 e. The van der Waals surface area contributed by atoms with E-state index in [-0.39, 0.29) is 5.97 Å². The number of ether oxygens (including phenoxy) is 2. The van der Waals surface area contributed by atoms with E-state index in [4.69, 9.17) is 9.47 Å². The highest BCUT2D eigenvalue weighted by molar-refractivity contribution is 5.70. The van der Waals surface area contributed by atoms with Crippen LogP contribution in [-0.2, 0) is 11.2 Å². The lowest BCUT2D eigenvalue weighted by Gasteiger charge is -2.09. The van der Waals surface area contributed by atoms with Crippen LogP contribution >= 0.6 is 0 Å². The number of carbonyl (C=O) groups is 1. The van der Waals surface area contributed by atoms with Gasteiger partial charge in [-0.05, 0) is 24.1 Å². The summed E-state index contributed by atoms with van der Waals surface area (Å²) in [4.78, 5) is 10.8. The number of carbonyl (C=O) groups excluding carboxylic acids is 1. The van der Waals surface area contributed by atoms with Crippen molar-refractivity contribution in [2.45, 2.75) is 26.7 Å². The average molecular weight is 208 g/mol. The van der Waals surface area contributed by atoms with Crippen molar-refractivity contribution in [2.24, 2.45) is 0 Å². The molecule has 3 heteroatoms. The number of rotatable bonds is 4. The summed E-state index contributed by atoms with van der Waals surface area (Å²) in [6, 6.07) is 5.62. The first-order chi connectivity index (χ1) is 7.17. The number of hydrogen-bond acceptors (Lipinski definition) is 3. The lowest BCUT2D eigenvalue weighted by atomic mass is 10.1. The molecular weight excluding hydrogens is 192 g/mol. The van der Waals surface area contributed by atoms with E-state index in [9.17, 15) is 4.79 Å². The molecule has 3 nitrogen and oxygen atoms in total. The SMILES string of the molecule is CCCc1ccc(OC(C)=O)c(OC)c1. The topological polar surface area (TPSA) is 35.5 Å². The van der Waals surface area contributed by atoms with E-state index >= 15 is 0 Å². The molecule has 0 saturated carbocycles. The summed E-state index contributed by atoms with van der Waals surface area (Å²) in [6.45, 7) is 3.49. The predicted molar refractivity (Wildman–Crippen MR) is 58.3 cm³/mol. The van der Waals surface area contributed by atoms with Crippen molar-refractivity contribution in [3.05, 3.63) is 23.8 Å². The third-order valence-electron chi connectivity index (χ3n) is 2.02. The molecule has 15 heavy (non-hydrogen) atoms. The largest absolute Gasteiger partial charge is 0.493 e. The van der Waals surface area contributed by atoms with Crippen molar-refractivity contribution in [3.8, 4) is 11.5 Å². The van der Waals surface area contributed by atoms with Gasteiger partial charge in [-0.2, -0.15) is 0 Å². The molecule has 0 bridgehead atoms. The highest BCUT2D eigenvalue weighted by atomic mass is 16.6. The third kappa shape index (κ3) is 3.27. The summed E-state index contributed by atoms with van der Waals surface area (Å²) in [5.74, 6) is 0.748. The summed E-state index contributed by atoms with van der Waals surface area (Å²) in [6.07, 6.45) is 2.08. The Balaban J connectivity index is 2.92. The minimum absolute atomic E-state index is 0.337. The molecule has 1 aromatic rings. The van der Waals surface area contributed by atoms with Crippen molar-refractivity contribution >= 4 is 5.97 Å². The third-order valence-corrected chi connectivity index (χ3v) is 2.02. The molecule has 0 saturated heterocycles. The molecule has 0 spiro atoms. The molecule has 0 aromatic heterocycles. The Kier molecular flexibility index (Phi) is 4.16. The number of esters is 1. The van der Waals surface area contributed by atoms with Crippen LogP contribution in [0.4, 0.5) is 0 Å². The van der Waals surface area contributed by atoms with E-state index in [1.165, 1.54) is 12.5 Å². The van der Waals surface area contributed by atoms with Crippen molar-refractivity contribution in [1.82, 2.24) is 0 Å². The Labute approximate surface area is 90.0 Å². The fourth-order valence-corrected chi connectivity index (χ4v) is 1.40. The Morgan fingerprint density at radius 1 is 1.33 bits per heavy atom. The number of methoxy groups -OCH3 is 1. The van der Waals surface area contributed by atoms with Crippen molar-refractivity contribution in [3.63, 3.8) is 0 Å². The van der Waals surface area contributed by atoms with Crippen LogP contribution in [0.5, 0.6) is 11.5 Å². The fraction of sp³-hybridized carbons (Fsp3) is 0.417. The maximum absolute atomic E-state index is 10.8. The quantitative estimate of drug-likeness (QED) is 0.563. The molecule has 0 unspecified atom stereocenters. The fourth-order valence-electron chi connectivity index (χ4n) is 1.40. The molecule has 0 aliphatic carbocycles. The van der Waals surface area contributed by atoms with Crippen LogP contribution in [0.25, 0.3) is 0 Å². The van der Waals surface area contributed by atoms with Gasteiger partial charge in [0.2, 0.25) is 0 Å². The van der Waals surface area contributed by atoms with Crippen LogP contribution in [0, 0.1) is 0 Å². The Morgan fingerprint density at radius 2 is 2.07 bits per heavy atom. The molecule has 0 atom stereocenters. The van der Waals surface area contributed by atoms with Gasteiger partial charge in [-0.3, -0.25) is 4.79 Å². The smallest absolute Gasteiger partial charge is 0.308 e. The lowest BCUT2D eigenvalue weighted by Crippen LogP contribution is -2.03. The molecule has 82 valence electrons. The van der Waals surface area contributed by atoms with Gasteiger partial charge in [-0.15, -0.1) is 0 Å². The molecule has 0 N–H and O–H groups in total. The van der Waals surface area contributed by atoms with E-state index in [0.717, 1.165) is 12.8 Å². The summed E-state index contributed by atoms with van der Waals surface area (Å²) < 4.78 is 10.2. The monoisotopic (exact) mass is 208 g/mol. The first-order valence-electron chi connectivity index (χ1n) is 5.02. The summed E-state index contributed by atoms with van der Waals surface area (Å²) in [7, 11) is 1.57. The molecule has 0 radical (unpaired) electrons. The van der Waals surface area contributed by atoms with Crippen LogP contribution < -0.4 is 9.47 Å². The molecule has 0 fully saturated rings. The zero-order valence-corrected chi connectivity index (χ0v) is 9.37. The van der Waals surface area contributed by atoms with Gasteiger partial charge in [0.15, 0.2) is 11.5 Å². The first-order valence-corrected chi connectivity index (χ1v) is 5.02.